The Bertz CT molecular complexity index is 111. The van der Waals surface area contributed by atoms with E-state index < -0.39 is 20.0 Å². The largest absolute Gasteiger partial charge is 0.545 e. The number of hydrogen-bond donors (Lipinski definition) is 3. The fraction of sp³-hybridized carbons (Fsp3) is 1.00. The molecule has 6 heteroatoms. The van der Waals surface area contributed by atoms with Crippen LogP contribution >= 0.6 is 8.03 Å². The third kappa shape index (κ3) is 2.81. The van der Waals surface area contributed by atoms with Gasteiger partial charge in [0.1, 0.15) is 6.10 Å². The summed E-state index contributed by atoms with van der Waals surface area (Å²) in [6.45, 7) is -0.344. The van der Waals surface area contributed by atoms with Gasteiger partial charge in [-0.1, -0.05) is 0 Å². The van der Waals surface area contributed by atoms with Crippen LogP contribution in [-0.2, 0) is 4.57 Å². The lowest BCUT2D eigenvalue weighted by atomic mass is 10.4. The summed E-state index contributed by atoms with van der Waals surface area (Å²) in [5.41, 5.74) is 4.78. The van der Waals surface area contributed by atoms with Gasteiger partial charge in [0.25, 0.3) is 0 Å². The molecule has 3 unspecified atom stereocenters. The minimum Gasteiger partial charge on any atom is -0.384 e. The Morgan fingerprint density at radius 2 is 2.22 bits per heavy atom. The Labute approximate surface area is 52.4 Å². The highest BCUT2D eigenvalue weighted by Crippen LogP contribution is 2.25. The summed E-state index contributed by atoms with van der Waals surface area (Å²) in [6.07, 6.45) is -1.53. The van der Waals surface area contributed by atoms with Crippen LogP contribution in [0.3, 0.4) is 0 Å². The predicted molar refractivity (Wildman–Crippen MR) is 29.8 cm³/mol. The molecule has 54 valence electrons. The maximum atomic E-state index is 12.1. The predicted octanol–water partition coefficient (Wildman–Crippen LogP) is -0.664. The van der Waals surface area contributed by atoms with Gasteiger partial charge in [-0.05, 0) is 4.57 Å². The van der Waals surface area contributed by atoms with Gasteiger partial charge in [0.15, 0.2) is 0 Å². The molecule has 4 nitrogen and oxygen atoms in total. The average molecular weight is 156 g/mol. The summed E-state index contributed by atoms with van der Waals surface area (Å²) in [5.74, 6) is -2.12. The van der Waals surface area contributed by atoms with Crippen molar-refractivity contribution >= 4 is 8.03 Å². The lowest BCUT2D eigenvalue weighted by molar-refractivity contribution is 0.121. The van der Waals surface area contributed by atoms with E-state index in [1.807, 2.05) is 0 Å². The van der Waals surface area contributed by atoms with E-state index in [1.165, 1.54) is 0 Å². The number of nitrogens with two attached hydrogens (primary N) is 1. The molecular formula is C3H8FNO3P+. The molecule has 0 bridgehead atoms. The smallest absolute Gasteiger partial charge is 0.384 e. The molecule has 0 aromatic rings. The second-order valence-electron chi connectivity index (χ2n) is 1.48. The Hall–Kier alpha value is -0.0900. The highest BCUT2D eigenvalue weighted by atomic mass is 31.1. The summed E-state index contributed by atoms with van der Waals surface area (Å²) >= 11 is 0. The van der Waals surface area contributed by atoms with E-state index in [2.05, 4.69) is 0 Å². The van der Waals surface area contributed by atoms with Crippen molar-refractivity contribution in [1.82, 2.24) is 0 Å². The quantitative estimate of drug-likeness (QED) is 0.473. The maximum Gasteiger partial charge on any atom is 0.545 e. The lowest BCUT2D eigenvalue weighted by Gasteiger charge is -2.00. The molecule has 0 aromatic heterocycles. The Balaban J connectivity index is 3.72. The summed E-state index contributed by atoms with van der Waals surface area (Å²) in [7, 11) is -2.95. The Morgan fingerprint density at radius 1 is 1.78 bits per heavy atom. The number of alkyl halides is 1. The molecule has 0 rings (SSSR count). The molecule has 0 spiro atoms. The van der Waals surface area contributed by atoms with Gasteiger partial charge < -0.3 is 10.8 Å². The van der Waals surface area contributed by atoms with Crippen molar-refractivity contribution in [2.75, 3.05) is 6.54 Å². The van der Waals surface area contributed by atoms with Crippen molar-refractivity contribution in [2.24, 2.45) is 5.73 Å². The van der Waals surface area contributed by atoms with Crippen LogP contribution in [0.15, 0.2) is 0 Å². The molecular weight excluding hydrogens is 148 g/mol. The molecule has 9 heavy (non-hydrogen) atoms. The van der Waals surface area contributed by atoms with Gasteiger partial charge in [0.2, 0.25) is 0 Å². The first-order valence-corrected chi connectivity index (χ1v) is 3.55. The van der Waals surface area contributed by atoms with E-state index >= 15 is 0 Å². The highest BCUT2D eigenvalue weighted by molar-refractivity contribution is 7.38. The molecule has 0 saturated heterocycles. The van der Waals surface area contributed by atoms with Gasteiger partial charge >= 0.3 is 13.9 Å². The van der Waals surface area contributed by atoms with E-state index in [0.717, 1.165) is 0 Å². The van der Waals surface area contributed by atoms with E-state index in [4.69, 9.17) is 15.7 Å². The second-order valence-corrected chi connectivity index (χ2v) is 2.58. The number of rotatable bonds is 3. The molecule has 0 aromatic carbocycles. The topological polar surface area (TPSA) is 83.5 Å². The first kappa shape index (κ1) is 8.91. The van der Waals surface area contributed by atoms with Crippen LogP contribution in [0.5, 0.6) is 0 Å². The number of hydrogen-bond acceptors (Lipinski definition) is 3. The van der Waals surface area contributed by atoms with E-state index in [1.54, 1.807) is 0 Å². The fourth-order valence-electron chi connectivity index (χ4n) is 0.259. The lowest BCUT2D eigenvalue weighted by Crippen LogP contribution is -2.27. The van der Waals surface area contributed by atoms with Gasteiger partial charge in [-0.3, -0.25) is 0 Å². The zero-order valence-electron chi connectivity index (χ0n) is 4.57. The zero-order chi connectivity index (χ0) is 7.44. The number of halogens is 1. The third-order valence-corrected chi connectivity index (χ3v) is 1.54. The van der Waals surface area contributed by atoms with Crippen LogP contribution in [0.25, 0.3) is 0 Å². The second kappa shape index (κ2) is 3.85. The van der Waals surface area contributed by atoms with Crippen LogP contribution < -0.4 is 5.73 Å². The van der Waals surface area contributed by atoms with E-state index in [9.17, 15) is 8.96 Å². The summed E-state index contributed by atoms with van der Waals surface area (Å²) in [5, 5.41) is 8.45. The van der Waals surface area contributed by atoms with Crippen LogP contribution in [0.4, 0.5) is 4.39 Å². The summed E-state index contributed by atoms with van der Waals surface area (Å²) in [4.78, 5) is 8.04. The van der Waals surface area contributed by atoms with Gasteiger partial charge in [0.05, 0.1) is 0 Å². The first-order valence-electron chi connectivity index (χ1n) is 2.27. The van der Waals surface area contributed by atoms with Crippen molar-refractivity contribution in [3.8, 4) is 0 Å². The highest BCUT2D eigenvalue weighted by Gasteiger charge is 2.35. The third-order valence-electron chi connectivity index (χ3n) is 0.770. The fourth-order valence-corrected chi connectivity index (χ4v) is 0.676. The molecule has 0 saturated carbocycles. The molecule has 4 N–H and O–H groups in total. The molecule has 0 radical (unpaired) electrons. The Morgan fingerprint density at radius 3 is 2.33 bits per heavy atom. The van der Waals surface area contributed by atoms with Gasteiger partial charge in [-0.25, -0.2) is 0 Å². The molecule has 0 fully saturated rings. The van der Waals surface area contributed by atoms with Crippen molar-refractivity contribution in [3.05, 3.63) is 0 Å². The molecule has 0 amide bonds. The first-order chi connectivity index (χ1) is 4.09. The van der Waals surface area contributed by atoms with Gasteiger partial charge in [-0.15, -0.1) is 0 Å². The van der Waals surface area contributed by atoms with Crippen LogP contribution in [0, 0.1) is 0 Å². The number of aliphatic hydroxyl groups is 1. The standard InChI is InChI=1S/C3H7FNO3P/c4-3(9(7)8)2(6)1-5/h2-3,6H,1,5H2/p+1. The van der Waals surface area contributed by atoms with E-state index in [0.29, 0.717) is 0 Å². The van der Waals surface area contributed by atoms with E-state index in [-0.39, 0.29) is 6.54 Å². The minimum absolute atomic E-state index is 0.344. The Kier molecular flexibility index (Phi) is 3.81. The van der Waals surface area contributed by atoms with Crippen molar-refractivity contribution in [1.29, 1.82) is 0 Å². The van der Waals surface area contributed by atoms with Crippen LogP contribution in [0.1, 0.15) is 0 Å². The minimum atomic E-state index is -2.95. The van der Waals surface area contributed by atoms with Gasteiger partial charge in [-0.2, -0.15) is 9.28 Å². The molecule has 3 atom stereocenters. The van der Waals surface area contributed by atoms with Crippen molar-refractivity contribution in [2.45, 2.75) is 12.0 Å². The van der Waals surface area contributed by atoms with Crippen LogP contribution in [-0.4, -0.2) is 28.6 Å². The summed E-state index contributed by atoms with van der Waals surface area (Å²) in [6, 6.07) is 0. The molecule has 0 aliphatic rings. The average Bonchev–Trinajstić information content (AvgIpc) is 1.84. The number of aliphatic hydroxyl groups excluding tert-OH is 1. The maximum absolute atomic E-state index is 12.1. The van der Waals surface area contributed by atoms with Gasteiger partial charge in [0, 0.05) is 6.54 Å². The zero-order valence-corrected chi connectivity index (χ0v) is 5.46. The van der Waals surface area contributed by atoms with Crippen molar-refractivity contribution in [3.63, 3.8) is 0 Å². The summed E-state index contributed by atoms with van der Waals surface area (Å²) < 4.78 is 21.9. The molecule has 0 heterocycles. The SMILES string of the molecule is NCC(O)C(F)[P+](=O)O. The molecule has 0 aliphatic carbocycles. The monoisotopic (exact) mass is 156 g/mol. The normalized spacial score (nSPS) is 18.9. The van der Waals surface area contributed by atoms with Crippen molar-refractivity contribution < 1.29 is 19.0 Å². The van der Waals surface area contributed by atoms with Crippen LogP contribution in [0.2, 0.25) is 0 Å². The molecule has 0 aliphatic heterocycles.